The Morgan fingerprint density at radius 3 is 1.56 bits per heavy atom. The Morgan fingerprint density at radius 1 is 0.765 bits per heavy atom. The summed E-state index contributed by atoms with van der Waals surface area (Å²) in [6.07, 6.45) is 13.2. The van der Waals surface area contributed by atoms with E-state index in [0.29, 0.717) is 0 Å². The van der Waals surface area contributed by atoms with E-state index in [1.54, 1.807) is 6.08 Å². The van der Waals surface area contributed by atoms with Gasteiger partial charge >= 0.3 is 119 Å². The van der Waals surface area contributed by atoms with Crippen LogP contribution in [0.15, 0.2) is 72.8 Å². The van der Waals surface area contributed by atoms with Crippen LogP contribution in [0.5, 0.6) is 0 Å². The molecule has 0 bridgehead atoms. The number of carbonyl (C=O) groups excluding carboxylic acids is 2. The molecule has 0 aliphatic carbocycles. The number of aliphatic carboxylic acids is 2. The van der Waals surface area contributed by atoms with Crippen LogP contribution in [0.1, 0.15) is 71.1 Å². The van der Waals surface area contributed by atoms with Gasteiger partial charge in [-0.05, 0) is 19.3 Å². The molecular formula is C28H36Hg2O4. The van der Waals surface area contributed by atoms with E-state index in [1.807, 2.05) is 0 Å². The first-order chi connectivity index (χ1) is 16.4. The molecule has 0 aromatic heterocycles. The van der Waals surface area contributed by atoms with Crippen molar-refractivity contribution in [3.05, 3.63) is 72.8 Å². The van der Waals surface area contributed by atoms with E-state index in [1.165, 1.54) is 50.7 Å². The fourth-order valence-corrected chi connectivity index (χ4v) is 5.14. The van der Waals surface area contributed by atoms with Crippen molar-refractivity contribution in [3.63, 3.8) is 0 Å². The minimum absolute atomic E-state index is 0.518. The van der Waals surface area contributed by atoms with Gasteiger partial charge in [-0.3, -0.25) is 0 Å². The summed E-state index contributed by atoms with van der Waals surface area (Å²) in [5, 5.41) is 21.0. The van der Waals surface area contributed by atoms with Crippen LogP contribution in [0.3, 0.4) is 0 Å². The molecule has 1 atom stereocenters. The van der Waals surface area contributed by atoms with Crippen LogP contribution in [-0.2, 0) is 61.8 Å². The van der Waals surface area contributed by atoms with E-state index in [9.17, 15) is 19.8 Å². The normalized spacial score (nSPS) is 11.1. The summed E-state index contributed by atoms with van der Waals surface area (Å²) in [6.45, 7) is 2.20. The molecular weight excluding hydrogens is 801 g/mol. The van der Waals surface area contributed by atoms with E-state index in [0.717, 1.165) is 71.5 Å². The first kappa shape index (κ1) is 33.0. The molecule has 0 aliphatic rings. The third kappa shape index (κ3) is 22.8. The number of allylic oxidation sites excluding steroid dienone is 1. The van der Waals surface area contributed by atoms with Crippen LogP contribution in [0.4, 0.5) is 0 Å². The van der Waals surface area contributed by atoms with Crippen molar-refractivity contribution in [2.24, 2.45) is 5.92 Å². The number of carboxylic acid groups (broad SMARTS) is 2. The van der Waals surface area contributed by atoms with Crippen molar-refractivity contribution in [1.29, 1.82) is 0 Å². The maximum absolute atomic E-state index is 10.7. The maximum atomic E-state index is 10.7. The Kier molecular flexibility index (Phi) is 23.0. The molecule has 0 N–H and O–H groups in total. The fourth-order valence-electron chi connectivity index (χ4n) is 3.02. The van der Waals surface area contributed by atoms with Gasteiger partial charge in [0.25, 0.3) is 0 Å². The van der Waals surface area contributed by atoms with Crippen molar-refractivity contribution in [2.75, 3.05) is 0 Å². The van der Waals surface area contributed by atoms with Crippen molar-refractivity contribution >= 4 is 18.1 Å². The van der Waals surface area contributed by atoms with Crippen LogP contribution in [0.25, 0.3) is 0 Å². The summed E-state index contributed by atoms with van der Waals surface area (Å²) >= 11 is 1.62. The van der Waals surface area contributed by atoms with Gasteiger partial charge in [0.2, 0.25) is 0 Å². The van der Waals surface area contributed by atoms with Gasteiger partial charge in [-0.1, -0.05) is 64.0 Å². The first-order valence-corrected chi connectivity index (χ1v) is 17.7. The summed E-state index contributed by atoms with van der Waals surface area (Å²) in [6, 6.07) is 21.1. The molecule has 0 heterocycles. The predicted molar refractivity (Wildman–Crippen MR) is 127 cm³/mol. The van der Waals surface area contributed by atoms with E-state index in [-0.39, 0.29) is 0 Å². The molecule has 2 rings (SSSR count). The van der Waals surface area contributed by atoms with Crippen LogP contribution >= 0.6 is 0 Å². The molecule has 0 saturated heterocycles. The molecule has 2 aromatic rings. The van der Waals surface area contributed by atoms with Gasteiger partial charge in [0, 0.05) is 17.9 Å². The van der Waals surface area contributed by atoms with Gasteiger partial charge in [-0.2, -0.15) is 0 Å². The topological polar surface area (TPSA) is 80.3 Å². The zero-order valence-electron chi connectivity index (χ0n) is 20.6. The molecule has 2 aromatic carbocycles. The van der Waals surface area contributed by atoms with Crippen molar-refractivity contribution < 1.29 is 72.0 Å². The monoisotopic (exact) mass is 840 g/mol. The summed E-state index contributed by atoms with van der Waals surface area (Å²) in [5.41, 5.74) is 0. The average Bonchev–Trinajstić information content (AvgIpc) is 2.81. The standard InChI is InChI=1S/C16H28O4.2C6H5.2Hg/c1-2-3-4-5-6-7-8-9-10-11-12-14(16(19)20)13-15(17)18;2*1-2-4-6-5-3-1;;/h11-12,14H,2-10,13H2,1H3,(H,17,18)(H,19,20);2*1-5H;;/q;;;2*+1/p-2/b12-11+;;;;. The second-order valence-corrected chi connectivity index (χ2v) is 14.5. The Labute approximate surface area is 238 Å². The third-order valence-corrected chi connectivity index (χ3v) is 8.63. The fraction of sp³-hybridized carbons (Fsp3) is 0.429. The molecule has 6 heteroatoms. The number of carbonyl (C=O) groups is 2. The van der Waals surface area contributed by atoms with E-state index >= 15 is 0 Å². The van der Waals surface area contributed by atoms with Crippen molar-refractivity contribution in [1.82, 2.24) is 0 Å². The Bertz CT molecular complexity index is 742. The minimum atomic E-state index is -1.36. The van der Waals surface area contributed by atoms with E-state index in [4.69, 9.17) is 0 Å². The quantitative estimate of drug-likeness (QED) is 0.177. The van der Waals surface area contributed by atoms with E-state index in [2.05, 4.69) is 67.6 Å². The molecule has 0 radical (unpaired) electrons. The summed E-state index contributed by atoms with van der Waals surface area (Å²) in [5.74, 6) is -3.80. The number of carboxylic acids is 2. The average molecular weight is 838 g/mol. The van der Waals surface area contributed by atoms with Crippen LogP contribution in [0, 0.1) is 5.92 Å². The second-order valence-electron chi connectivity index (χ2n) is 8.16. The van der Waals surface area contributed by atoms with Crippen molar-refractivity contribution in [2.45, 2.75) is 71.1 Å². The number of hydrogen-bond acceptors (Lipinski definition) is 4. The molecule has 0 amide bonds. The SMILES string of the molecule is CCCCCCCCCC/C=C/C(CC(=O)[O-])C(=O)[O-].[Hg+][c]1ccccc1.[Hg+][c]1ccccc1. The molecule has 34 heavy (non-hydrogen) atoms. The molecule has 0 fully saturated rings. The number of benzene rings is 2. The summed E-state index contributed by atoms with van der Waals surface area (Å²) in [4.78, 5) is 21.0. The first-order valence-electron chi connectivity index (χ1n) is 12.2. The summed E-state index contributed by atoms with van der Waals surface area (Å²) < 4.78 is 3.03. The molecule has 0 saturated carbocycles. The molecule has 176 valence electrons. The number of rotatable bonds is 13. The Balaban J connectivity index is 0.000000619. The van der Waals surface area contributed by atoms with Crippen LogP contribution in [-0.4, -0.2) is 11.9 Å². The van der Waals surface area contributed by atoms with Crippen LogP contribution in [0.2, 0.25) is 0 Å². The molecule has 4 nitrogen and oxygen atoms in total. The zero-order chi connectivity index (χ0) is 25.4. The Hall–Kier alpha value is -1.01. The van der Waals surface area contributed by atoms with Crippen LogP contribution < -0.4 is 16.4 Å². The van der Waals surface area contributed by atoms with Gasteiger partial charge in [0.1, 0.15) is 0 Å². The van der Waals surface area contributed by atoms with Gasteiger partial charge < -0.3 is 19.8 Å². The van der Waals surface area contributed by atoms with Gasteiger partial charge in [0.15, 0.2) is 0 Å². The predicted octanol–water partition coefficient (Wildman–Crippen LogP) is 3.30. The number of unbranched alkanes of at least 4 members (excludes halogenated alkanes) is 8. The number of hydrogen-bond donors (Lipinski definition) is 0. The molecule has 0 spiro atoms. The zero-order valence-corrected chi connectivity index (χ0v) is 31.6. The Morgan fingerprint density at radius 2 is 1.21 bits per heavy atom. The van der Waals surface area contributed by atoms with Gasteiger partial charge in [0.05, 0.1) is 0 Å². The van der Waals surface area contributed by atoms with E-state index < -0.39 is 24.3 Å². The second kappa shape index (κ2) is 23.7. The van der Waals surface area contributed by atoms with Gasteiger partial charge in [-0.25, -0.2) is 0 Å². The third-order valence-electron chi connectivity index (χ3n) is 4.97. The van der Waals surface area contributed by atoms with Gasteiger partial charge in [-0.15, -0.1) is 0 Å². The summed E-state index contributed by atoms with van der Waals surface area (Å²) in [7, 11) is 0. The van der Waals surface area contributed by atoms with Crippen molar-refractivity contribution in [3.8, 4) is 0 Å². The molecule has 1 unspecified atom stereocenters. The molecule has 0 aliphatic heterocycles.